The molecule has 0 fully saturated rings. The van der Waals surface area contributed by atoms with Gasteiger partial charge < -0.3 is 10.2 Å². The van der Waals surface area contributed by atoms with Crippen molar-refractivity contribution in [2.24, 2.45) is 5.84 Å². The van der Waals surface area contributed by atoms with Crippen LogP contribution in [0.4, 0.5) is 5.82 Å². The van der Waals surface area contributed by atoms with Crippen LogP contribution in [0.15, 0.2) is 42.7 Å². The van der Waals surface area contributed by atoms with Crippen LogP contribution < -0.4 is 16.0 Å². The summed E-state index contributed by atoms with van der Waals surface area (Å²) in [5, 5.41) is 0. The quantitative estimate of drug-likeness (QED) is 0.596. The van der Waals surface area contributed by atoms with Gasteiger partial charge in [-0.05, 0) is 5.56 Å². The fourth-order valence-electron chi connectivity index (χ4n) is 1.20. The Bertz CT molecular complexity index is 429. The van der Waals surface area contributed by atoms with E-state index in [-0.39, 0.29) is 0 Å². The third-order valence-corrected chi connectivity index (χ3v) is 2.01. The monoisotopic (exact) mass is 216 g/mol. The van der Waals surface area contributed by atoms with Gasteiger partial charge in [-0.15, -0.1) is 0 Å². The molecule has 3 N–H and O–H groups in total. The van der Waals surface area contributed by atoms with Gasteiger partial charge in [0.15, 0.2) is 5.82 Å². The summed E-state index contributed by atoms with van der Waals surface area (Å²) in [7, 11) is 0. The van der Waals surface area contributed by atoms with E-state index >= 15 is 0 Å². The van der Waals surface area contributed by atoms with E-state index in [1.54, 1.807) is 0 Å². The Kier molecular flexibility index (Phi) is 3.30. The van der Waals surface area contributed by atoms with E-state index in [9.17, 15) is 0 Å². The van der Waals surface area contributed by atoms with Crippen LogP contribution in [0, 0.1) is 0 Å². The highest BCUT2D eigenvalue weighted by molar-refractivity contribution is 5.29. The number of aromatic nitrogens is 2. The van der Waals surface area contributed by atoms with Crippen LogP contribution in [0.5, 0.6) is 5.88 Å². The first-order valence-corrected chi connectivity index (χ1v) is 4.84. The van der Waals surface area contributed by atoms with Crippen LogP contribution in [-0.4, -0.2) is 9.97 Å². The molecule has 0 aliphatic rings. The largest absolute Gasteiger partial charge is 0.472 e. The second-order valence-corrected chi connectivity index (χ2v) is 3.16. The molecule has 5 heteroatoms. The average Bonchev–Trinajstić information content (AvgIpc) is 2.38. The molecule has 0 aliphatic heterocycles. The highest BCUT2D eigenvalue weighted by Crippen LogP contribution is 2.09. The Balaban J connectivity index is 1.94. The zero-order valence-corrected chi connectivity index (χ0v) is 8.63. The number of nitrogens with two attached hydrogens (primary N) is 1. The molecular formula is C11H12N4O. The van der Waals surface area contributed by atoms with Gasteiger partial charge in [0.25, 0.3) is 0 Å². The number of benzene rings is 1. The minimum Gasteiger partial charge on any atom is -0.472 e. The topological polar surface area (TPSA) is 73.1 Å². The fourth-order valence-corrected chi connectivity index (χ4v) is 1.20. The zero-order chi connectivity index (χ0) is 11.2. The second-order valence-electron chi connectivity index (χ2n) is 3.16. The van der Waals surface area contributed by atoms with E-state index in [0.29, 0.717) is 18.3 Å². The SMILES string of the molecule is NNc1cnc(OCc2ccccc2)cn1. The first-order chi connectivity index (χ1) is 7.88. The van der Waals surface area contributed by atoms with E-state index in [0.717, 1.165) is 5.56 Å². The maximum atomic E-state index is 5.45. The van der Waals surface area contributed by atoms with E-state index in [2.05, 4.69) is 15.4 Å². The van der Waals surface area contributed by atoms with Crippen LogP contribution in [0.2, 0.25) is 0 Å². The van der Waals surface area contributed by atoms with Gasteiger partial charge in [-0.2, -0.15) is 0 Å². The van der Waals surface area contributed by atoms with Crippen molar-refractivity contribution in [2.75, 3.05) is 5.43 Å². The molecule has 0 amide bonds. The summed E-state index contributed by atoms with van der Waals surface area (Å²) in [6, 6.07) is 9.87. The van der Waals surface area contributed by atoms with Crippen molar-refractivity contribution in [1.82, 2.24) is 9.97 Å². The number of hydrogen-bond donors (Lipinski definition) is 2. The molecule has 82 valence electrons. The van der Waals surface area contributed by atoms with Gasteiger partial charge in [0.1, 0.15) is 6.61 Å². The van der Waals surface area contributed by atoms with E-state index in [1.165, 1.54) is 12.4 Å². The number of nitrogens with one attached hydrogen (secondary N) is 1. The first-order valence-electron chi connectivity index (χ1n) is 4.84. The Morgan fingerprint density at radius 2 is 1.94 bits per heavy atom. The Morgan fingerprint density at radius 1 is 1.12 bits per heavy atom. The molecule has 2 aromatic rings. The van der Waals surface area contributed by atoms with Gasteiger partial charge in [-0.3, -0.25) is 0 Å². The molecule has 0 spiro atoms. The summed E-state index contributed by atoms with van der Waals surface area (Å²) >= 11 is 0. The van der Waals surface area contributed by atoms with E-state index in [1.807, 2.05) is 30.3 Å². The number of anilines is 1. The van der Waals surface area contributed by atoms with Crippen molar-refractivity contribution in [2.45, 2.75) is 6.61 Å². The molecule has 0 radical (unpaired) electrons. The predicted octanol–water partition coefficient (Wildman–Crippen LogP) is 1.34. The summed E-state index contributed by atoms with van der Waals surface area (Å²) < 4.78 is 5.45. The van der Waals surface area contributed by atoms with Gasteiger partial charge in [-0.1, -0.05) is 30.3 Å². The van der Waals surface area contributed by atoms with Gasteiger partial charge in [0.05, 0.1) is 12.4 Å². The summed E-state index contributed by atoms with van der Waals surface area (Å²) in [4.78, 5) is 8.02. The van der Waals surface area contributed by atoms with Crippen molar-refractivity contribution < 1.29 is 4.74 Å². The maximum Gasteiger partial charge on any atom is 0.232 e. The van der Waals surface area contributed by atoms with Crippen molar-refractivity contribution in [1.29, 1.82) is 0 Å². The molecule has 1 aromatic carbocycles. The lowest BCUT2D eigenvalue weighted by molar-refractivity contribution is 0.292. The first kappa shape index (κ1) is 10.4. The number of hydrazine groups is 1. The number of nitrogen functional groups attached to an aromatic ring is 1. The lowest BCUT2D eigenvalue weighted by atomic mass is 10.2. The number of rotatable bonds is 4. The Hall–Kier alpha value is -2.14. The third-order valence-electron chi connectivity index (χ3n) is 2.01. The van der Waals surface area contributed by atoms with Crippen LogP contribution >= 0.6 is 0 Å². The van der Waals surface area contributed by atoms with Crippen molar-refractivity contribution in [3.63, 3.8) is 0 Å². The van der Waals surface area contributed by atoms with Crippen molar-refractivity contribution in [3.05, 3.63) is 48.3 Å². The average molecular weight is 216 g/mol. The van der Waals surface area contributed by atoms with Crippen molar-refractivity contribution in [3.8, 4) is 5.88 Å². The summed E-state index contributed by atoms with van der Waals surface area (Å²) in [6.07, 6.45) is 3.04. The predicted molar refractivity (Wildman–Crippen MR) is 60.6 cm³/mol. The van der Waals surface area contributed by atoms with Crippen LogP contribution in [-0.2, 0) is 6.61 Å². The molecule has 16 heavy (non-hydrogen) atoms. The molecule has 0 aliphatic carbocycles. The molecule has 1 heterocycles. The summed E-state index contributed by atoms with van der Waals surface area (Å²) in [5.74, 6) is 6.15. The van der Waals surface area contributed by atoms with Crippen molar-refractivity contribution >= 4 is 5.82 Å². The molecule has 0 bridgehead atoms. The lowest BCUT2D eigenvalue weighted by Gasteiger charge is -2.05. The fraction of sp³-hybridized carbons (Fsp3) is 0.0909. The van der Waals surface area contributed by atoms with Crippen LogP contribution in [0.25, 0.3) is 0 Å². The number of ether oxygens (including phenoxy) is 1. The summed E-state index contributed by atoms with van der Waals surface area (Å²) in [5.41, 5.74) is 3.49. The molecular weight excluding hydrogens is 204 g/mol. The highest BCUT2D eigenvalue weighted by atomic mass is 16.5. The molecule has 2 rings (SSSR count). The van der Waals surface area contributed by atoms with Gasteiger partial charge >= 0.3 is 0 Å². The maximum absolute atomic E-state index is 5.45. The van der Waals surface area contributed by atoms with Gasteiger partial charge in [0.2, 0.25) is 5.88 Å². The third kappa shape index (κ3) is 2.68. The minimum absolute atomic E-state index is 0.475. The molecule has 0 saturated heterocycles. The molecule has 0 saturated carbocycles. The Morgan fingerprint density at radius 3 is 2.56 bits per heavy atom. The molecule has 0 unspecified atom stereocenters. The molecule has 5 nitrogen and oxygen atoms in total. The smallest absolute Gasteiger partial charge is 0.232 e. The lowest BCUT2D eigenvalue weighted by Crippen LogP contribution is -2.09. The highest BCUT2D eigenvalue weighted by Gasteiger charge is 1.97. The number of hydrogen-bond acceptors (Lipinski definition) is 5. The Labute approximate surface area is 93.3 Å². The minimum atomic E-state index is 0.475. The standard InChI is InChI=1S/C11H12N4O/c12-15-10-6-14-11(7-13-10)16-8-9-4-2-1-3-5-9/h1-7H,8,12H2,(H,13,15). The summed E-state index contributed by atoms with van der Waals surface area (Å²) in [6.45, 7) is 0.477. The zero-order valence-electron chi connectivity index (χ0n) is 8.63. The molecule has 1 aromatic heterocycles. The van der Waals surface area contributed by atoms with Crippen LogP contribution in [0.3, 0.4) is 0 Å². The molecule has 0 atom stereocenters. The van der Waals surface area contributed by atoms with E-state index < -0.39 is 0 Å². The van der Waals surface area contributed by atoms with Gasteiger partial charge in [0, 0.05) is 0 Å². The van der Waals surface area contributed by atoms with E-state index in [4.69, 9.17) is 10.6 Å². The van der Waals surface area contributed by atoms with Gasteiger partial charge in [-0.25, -0.2) is 15.8 Å². The van der Waals surface area contributed by atoms with Crippen LogP contribution in [0.1, 0.15) is 5.56 Å². The number of nitrogens with zero attached hydrogens (tertiary/aromatic N) is 2. The second kappa shape index (κ2) is 5.09. The normalized spacial score (nSPS) is 9.81.